The van der Waals surface area contributed by atoms with E-state index in [0.717, 1.165) is 47.4 Å². The fraction of sp³-hybridized carbons (Fsp3) is 0.321. The molecule has 0 radical (unpaired) electrons. The predicted octanol–water partition coefficient (Wildman–Crippen LogP) is 5.49. The van der Waals surface area contributed by atoms with Crippen molar-refractivity contribution in [2.45, 2.75) is 39.5 Å². The Bertz CT molecular complexity index is 1270. The van der Waals surface area contributed by atoms with Crippen molar-refractivity contribution in [1.82, 2.24) is 0 Å². The topological polar surface area (TPSA) is 93.7 Å². The van der Waals surface area contributed by atoms with E-state index in [1.165, 1.54) is 18.4 Å². The minimum Gasteiger partial charge on any atom is -0.484 e. The van der Waals surface area contributed by atoms with Crippen molar-refractivity contribution in [2.24, 2.45) is 5.92 Å². The van der Waals surface area contributed by atoms with Crippen LogP contribution in [0.5, 0.6) is 5.75 Å². The van der Waals surface area contributed by atoms with Gasteiger partial charge in [-0.05, 0) is 73.1 Å². The third-order valence-electron chi connectivity index (χ3n) is 6.29. The minimum absolute atomic E-state index is 0.216. The first kappa shape index (κ1) is 25.4. The molecule has 7 nitrogen and oxygen atoms in total. The van der Waals surface area contributed by atoms with Gasteiger partial charge in [-0.1, -0.05) is 32.0 Å². The molecule has 2 aromatic carbocycles. The lowest BCUT2D eigenvalue weighted by Crippen LogP contribution is -2.21. The summed E-state index contributed by atoms with van der Waals surface area (Å²) < 4.78 is 10.6. The maximum Gasteiger partial charge on any atom is 0.341 e. The highest BCUT2D eigenvalue weighted by atomic mass is 32.1. The Labute approximate surface area is 214 Å². The number of para-hydroxylation sites is 1. The molecule has 188 valence electrons. The Balaban J connectivity index is 1.36. The van der Waals surface area contributed by atoms with Crippen LogP contribution in [0.2, 0.25) is 0 Å². The van der Waals surface area contributed by atoms with Crippen LogP contribution >= 0.6 is 11.3 Å². The van der Waals surface area contributed by atoms with Gasteiger partial charge in [-0.25, -0.2) is 4.79 Å². The predicted molar refractivity (Wildman–Crippen MR) is 141 cm³/mol. The summed E-state index contributed by atoms with van der Waals surface area (Å²) in [6.07, 6.45) is 3.51. The maximum atomic E-state index is 12.6. The van der Waals surface area contributed by atoms with Crippen LogP contribution < -0.4 is 15.4 Å². The Morgan fingerprint density at radius 1 is 1.06 bits per heavy atom. The lowest BCUT2D eigenvalue weighted by molar-refractivity contribution is -0.118. The fourth-order valence-corrected chi connectivity index (χ4v) is 5.73. The first-order chi connectivity index (χ1) is 17.4. The number of anilines is 2. The van der Waals surface area contributed by atoms with Crippen LogP contribution in [0.15, 0.2) is 48.5 Å². The zero-order chi connectivity index (χ0) is 25.7. The van der Waals surface area contributed by atoms with Crippen molar-refractivity contribution >= 4 is 39.8 Å². The molecule has 36 heavy (non-hydrogen) atoms. The summed E-state index contributed by atoms with van der Waals surface area (Å²) in [5.74, 6) is -0.0203. The van der Waals surface area contributed by atoms with Crippen molar-refractivity contribution in [3.8, 4) is 5.75 Å². The number of hydrogen-bond donors (Lipinski definition) is 2. The number of ether oxygens (including phenoxy) is 2. The minimum atomic E-state index is -0.436. The second-order valence-corrected chi connectivity index (χ2v) is 9.98. The molecule has 2 amide bonds. The molecule has 1 heterocycles. The van der Waals surface area contributed by atoms with Crippen LogP contribution in [0.4, 0.5) is 10.7 Å². The summed E-state index contributed by atoms with van der Waals surface area (Å²) >= 11 is 1.43. The highest BCUT2D eigenvalue weighted by molar-refractivity contribution is 7.17. The number of nitrogens with one attached hydrogen (secondary N) is 2. The van der Waals surface area contributed by atoms with Crippen molar-refractivity contribution in [3.05, 3.63) is 75.7 Å². The summed E-state index contributed by atoms with van der Waals surface area (Å²) in [6, 6.07) is 14.3. The zero-order valence-electron chi connectivity index (χ0n) is 20.7. The number of esters is 1. The van der Waals surface area contributed by atoms with Gasteiger partial charge in [0, 0.05) is 16.1 Å². The first-order valence-electron chi connectivity index (χ1n) is 12.0. The number of benzene rings is 2. The Morgan fingerprint density at radius 3 is 2.53 bits per heavy atom. The number of rotatable bonds is 8. The molecular weight excluding hydrogens is 476 g/mol. The summed E-state index contributed by atoms with van der Waals surface area (Å²) in [7, 11) is 1.35. The first-order valence-corrected chi connectivity index (χ1v) is 12.9. The van der Waals surface area contributed by atoms with Gasteiger partial charge in [0.15, 0.2) is 6.61 Å². The molecule has 8 heteroatoms. The molecule has 0 saturated heterocycles. The average Bonchev–Trinajstić information content (AvgIpc) is 3.24. The second-order valence-electron chi connectivity index (χ2n) is 8.87. The molecule has 0 aliphatic heterocycles. The van der Waals surface area contributed by atoms with E-state index in [2.05, 4.69) is 17.6 Å². The van der Waals surface area contributed by atoms with Gasteiger partial charge < -0.3 is 20.1 Å². The van der Waals surface area contributed by atoms with Crippen LogP contribution in [0.25, 0.3) is 0 Å². The van der Waals surface area contributed by atoms with Crippen molar-refractivity contribution < 1.29 is 23.9 Å². The van der Waals surface area contributed by atoms with E-state index in [0.29, 0.717) is 27.8 Å². The van der Waals surface area contributed by atoms with E-state index in [-0.39, 0.29) is 18.4 Å². The Kier molecular flexibility index (Phi) is 8.05. The molecule has 0 fully saturated rings. The van der Waals surface area contributed by atoms with Gasteiger partial charge in [0.25, 0.3) is 11.8 Å². The van der Waals surface area contributed by atoms with Gasteiger partial charge in [-0.3, -0.25) is 9.59 Å². The van der Waals surface area contributed by atoms with E-state index in [9.17, 15) is 14.4 Å². The molecule has 1 aliphatic rings. The van der Waals surface area contributed by atoms with E-state index in [1.807, 2.05) is 31.2 Å². The van der Waals surface area contributed by atoms with Crippen molar-refractivity contribution in [3.63, 3.8) is 0 Å². The number of hydrogen-bond acceptors (Lipinski definition) is 6. The molecule has 0 spiro atoms. The number of thiophene rings is 1. The molecule has 2 N–H and O–H groups in total. The molecule has 0 saturated carbocycles. The molecule has 3 aromatic rings. The van der Waals surface area contributed by atoms with Gasteiger partial charge >= 0.3 is 5.97 Å². The normalized spacial score (nSPS) is 14.5. The summed E-state index contributed by atoms with van der Waals surface area (Å²) in [6.45, 7) is 4.00. The molecular formula is C28H30N2O5S. The number of carbonyl (C=O) groups is 3. The van der Waals surface area contributed by atoms with E-state index in [1.54, 1.807) is 24.3 Å². The smallest absolute Gasteiger partial charge is 0.341 e. The molecule has 4 rings (SSSR count). The molecule has 1 aromatic heterocycles. The number of carbonyl (C=O) groups excluding carboxylic acids is 3. The van der Waals surface area contributed by atoms with E-state index < -0.39 is 5.97 Å². The third kappa shape index (κ3) is 5.76. The summed E-state index contributed by atoms with van der Waals surface area (Å²) in [4.78, 5) is 38.8. The Hall–Kier alpha value is -3.65. The van der Waals surface area contributed by atoms with Gasteiger partial charge in [0.05, 0.1) is 12.7 Å². The highest BCUT2D eigenvalue weighted by Crippen LogP contribution is 2.40. The number of amides is 2. The standard InChI is InChI=1S/C28H30N2O5S/c1-4-18-7-5-6-8-22(18)29-26(32)19-10-12-20(13-11-19)35-16-24(31)30-27-25(28(33)34-3)21-14-9-17(2)15-23(21)36-27/h5-8,10-13,17H,4,9,14-16H2,1-3H3,(H,29,32)(H,30,31). The number of fused-ring (bicyclic) bond motifs is 1. The maximum absolute atomic E-state index is 12.6. The van der Waals surface area contributed by atoms with E-state index >= 15 is 0 Å². The second kappa shape index (κ2) is 11.4. The number of aryl methyl sites for hydroxylation is 1. The quantitative estimate of drug-likeness (QED) is 0.394. The van der Waals surface area contributed by atoms with Gasteiger partial charge in [0.2, 0.25) is 0 Å². The largest absolute Gasteiger partial charge is 0.484 e. The third-order valence-corrected chi connectivity index (χ3v) is 7.46. The molecule has 1 aliphatic carbocycles. The molecule has 1 unspecified atom stereocenters. The lowest BCUT2D eigenvalue weighted by atomic mass is 9.88. The Morgan fingerprint density at radius 2 is 1.81 bits per heavy atom. The van der Waals surface area contributed by atoms with Crippen molar-refractivity contribution in [1.29, 1.82) is 0 Å². The van der Waals surface area contributed by atoms with Crippen LogP contribution in [0.1, 0.15) is 57.0 Å². The van der Waals surface area contributed by atoms with Gasteiger partial charge in [0.1, 0.15) is 10.8 Å². The fourth-order valence-electron chi connectivity index (χ4n) is 4.32. The van der Waals surface area contributed by atoms with Gasteiger partial charge in [-0.2, -0.15) is 0 Å². The molecule has 0 bridgehead atoms. The SMILES string of the molecule is CCc1ccccc1NC(=O)c1ccc(OCC(=O)Nc2sc3c(c2C(=O)OC)CCC(C)C3)cc1. The summed E-state index contributed by atoms with van der Waals surface area (Å²) in [5, 5.41) is 6.27. The van der Waals surface area contributed by atoms with E-state index in [4.69, 9.17) is 9.47 Å². The van der Waals surface area contributed by atoms with Crippen LogP contribution in [-0.4, -0.2) is 31.5 Å². The summed E-state index contributed by atoms with van der Waals surface area (Å²) in [5.41, 5.74) is 3.78. The van der Waals surface area contributed by atoms with Crippen molar-refractivity contribution in [2.75, 3.05) is 24.4 Å². The monoisotopic (exact) mass is 506 g/mol. The molecule has 1 atom stereocenters. The average molecular weight is 507 g/mol. The van der Waals surface area contributed by atoms with Crippen LogP contribution in [-0.2, 0) is 28.8 Å². The number of methoxy groups -OCH3 is 1. The highest BCUT2D eigenvalue weighted by Gasteiger charge is 2.29. The zero-order valence-corrected chi connectivity index (χ0v) is 21.5. The van der Waals surface area contributed by atoms with Gasteiger partial charge in [-0.15, -0.1) is 11.3 Å². The van der Waals surface area contributed by atoms with Crippen LogP contribution in [0, 0.1) is 5.92 Å². The van der Waals surface area contributed by atoms with Crippen LogP contribution in [0.3, 0.4) is 0 Å². The lowest BCUT2D eigenvalue weighted by Gasteiger charge is -2.18.